The monoisotopic (exact) mass is 349 g/mol. The van der Waals surface area contributed by atoms with Gasteiger partial charge in [-0.1, -0.05) is 6.07 Å². The third-order valence-electron chi connectivity index (χ3n) is 3.23. The van der Waals surface area contributed by atoms with E-state index in [9.17, 15) is 9.59 Å². The molecule has 2 heterocycles. The van der Waals surface area contributed by atoms with E-state index >= 15 is 0 Å². The third-order valence-corrected chi connectivity index (χ3v) is 3.23. The van der Waals surface area contributed by atoms with Crippen molar-refractivity contribution >= 4 is 42.4 Å². The van der Waals surface area contributed by atoms with Crippen LogP contribution in [0.15, 0.2) is 24.4 Å². The van der Waals surface area contributed by atoms with Crippen LogP contribution in [0.1, 0.15) is 0 Å². The van der Waals surface area contributed by atoms with E-state index in [-0.39, 0.29) is 49.7 Å². The van der Waals surface area contributed by atoms with Gasteiger partial charge in [-0.05, 0) is 12.1 Å². The van der Waals surface area contributed by atoms with Crippen molar-refractivity contribution in [1.29, 1.82) is 0 Å². The Balaban J connectivity index is 0.00000220. The molecule has 1 saturated heterocycles. The molecular weight excluding hydrogens is 329 g/mol. The zero-order valence-corrected chi connectivity index (χ0v) is 13.7. The van der Waals surface area contributed by atoms with Gasteiger partial charge in [-0.15, -0.1) is 24.8 Å². The summed E-state index contributed by atoms with van der Waals surface area (Å²) in [7, 11) is 0. The summed E-state index contributed by atoms with van der Waals surface area (Å²) in [6.45, 7) is 2.67. The number of nitrogens with zero attached hydrogens (tertiary/aromatic N) is 3. The quantitative estimate of drug-likeness (QED) is 0.775. The van der Waals surface area contributed by atoms with Gasteiger partial charge in [0, 0.05) is 32.4 Å². The second kappa shape index (κ2) is 10.2. The molecule has 2 amide bonds. The second-order valence-electron chi connectivity index (χ2n) is 4.54. The van der Waals surface area contributed by atoms with Gasteiger partial charge in [0.25, 0.3) is 0 Å². The standard InChI is InChI=1S/C13H19N5O2.2ClH/c14-9-12(19)16-10-13(20)18-7-5-17(6-8-18)11-3-1-2-4-15-11;;/h1-4H,5-10,14H2,(H,16,19);2*1H. The predicted octanol–water partition coefficient (Wildman–Crippen LogP) is -0.351. The van der Waals surface area contributed by atoms with Gasteiger partial charge in [-0.25, -0.2) is 4.98 Å². The number of carbonyl (C=O) groups excluding carboxylic acids is 2. The molecule has 2 rings (SSSR count). The molecule has 0 saturated carbocycles. The lowest BCUT2D eigenvalue weighted by molar-refractivity contribution is -0.132. The number of nitrogens with one attached hydrogen (secondary N) is 1. The van der Waals surface area contributed by atoms with E-state index in [1.165, 1.54) is 0 Å². The summed E-state index contributed by atoms with van der Waals surface area (Å²) in [5.41, 5.74) is 5.17. The largest absolute Gasteiger partial charge is 0.353 e. The van der Waals surface area contributed by atoms with Crippen molar-refractivity contribution in [2.24, 2.45) is 5.73 Å². The first-order valence-corrected chi connectivity index (χ1v) is 6.61. The maximum atomic E-state index is 11.9. The minimum Gasteiger partial charge on any atom is -0.353 e. The fraction of sp³-hybridized carbons (Fsp3) is 0.462. The second-order valence-corrected chi connectivity index (χ2v) is 4.54. The molecule has 0 spiro atoms. The highest BCUT2D eigenvalue weighted by Gasteiger charge is 2.21. The average molecular weight is 350 g/mol. The molecule has 0 unspecified atom stereocenters. The van der Waals surface area contributed by atoms with Crippen molar-refractivity contribution in [1.82, 2.24) is 15.2 Å². The summed E-state index contributed by atoms with van der Waals surface area (Å²) in [5.74, 6) is 0.536. The normalized spacial score (nSPS) is 13.7. The summed E-state index contributed by atoms with van der Waals surface area (Å²) >= 11 is 0. The first kappa shape index (κ1) is 20.4. The molecule has 124 valence electrons. The minimum atomic E-state index is -0.314. The number of amides is 2. The first-order chi connectivity index (χ1) is 9.70. The van der Waals surface area contributed by atoms with E-state index in [0.29, 0.717) is 13.1 Å². The Morgan fingerprint density at radius 1 is 1.18 bits per heavy atom. The van der Waals surface area contributed by atoms with Gasteiger partial charge < -0.3 is 20.9 Å². The molecule has 0 radical (unpaired) electrons. The van der Waals surface area contributed by atoms with Crippen LogP contribution in [0.25, 0.3) is 0 Å². The van der Waals surface area contributed by atoms with E-state index in [4.69, 9.17) is 5.73 Å². The van der Waals surface area contributed by atoms with Crippen molar-refractivity contribution in [3.63, 3.8) is 0 Å². The molecule has 1 aromatic rings. The van der Waals surface area contributed by atoms with E-state index in [2.05, 4.69) is 15.2 Å². The summed E-state index contributed by atoms with van der Waals surface area (Å²) in [5, 5.41) is 2.49. The zero-order chi connectivity index (χ0) is 14.4. The van der Waals surface area contributed by atoms with Crippen LogP contribution in [0.5, 0.6) is 0 Å². The van der Waals surface area contributed by atoms with Crippen LogP contribution in [-0.4, -0.2) is 61.0 Å². The van der Waals surface area contributed by atoms with Crippen LogP contribution in [0.2, 0.25) is 0 Å². The highest BCUT2D eigenvalue weighted by molar-refractivity contribution is 5.86. The summed E-state index contributed by atoms with van der Waals surface area (Å²) in [6.07, 6.45) is 1.76. The van der Waals surface area contributed by atoms with Crippen LogP contribution >= 0.6 is 24.8 Å². The van der Waals surface area contributed by atoms with E-state index < -0.39 is 0 Å². The number of hydrogen-bond acceptors (Lipinski definition) is 5. The van der Waals surface area contributed by atoms with Crippen LogP contribution in [0.4, 0.5) is 5.82 Å². The number of rotatable bonds is 4. The number of halogens is 2. The Labute approximate surface area is 142 Å². The average Bonchev–Trinajstić information content (AvgIpc) is 2.53. The van der Waals surface area contributed by atoms with Crippen molar-refractivity contribution in [2.75, 3.05) is 44.2 Å². The molecule has 3 N–H and O–H groups in total. The third kappa shape index (κ3) is 5.67. The highest BCUT2D eigenvalue weighted by Crippen LogP contribution is 2.12. The number of aromatic nitrogens is 1. The fourth-order valence-electron chi connectivity index (χ4n) is 2.08. The lowest BCUT2D eigenvalue weighted by atomic mass is 10.3. The predicted molar refractivity (Wildman–Crippen MR) is 89.6 cm³/mol. The molecular formula is C13H21Cl2N5O2. The molecule has 9 heteroatoms. The Morgan fingerprint density at radius 2 is 1.86 bits per heavy atom. The van der Waals surface area contributed by atoms with Gasteiger partial charge in [-0.2, -0.15) is 0 Å². The SMILES string of the molecule is Cl.Cl.NCC(=O)NCC(=O)N1CCN(c2ccccn2)CC1. The number of anilines is 1. The van der Waals surface area contributed by atoms with Gasteiger partial charge in [0.1, 0.15) is 5.82 Å². The van der Waals surface area contributed by atoms with Gasteiger partial charge >= 0.3 is 0 Å². The highest BCUT2D eigenvalue weighted by atomic mass is 35.5. The molecule has 1 aliphatic rings. The maximum absolute atomic E-state index is 11.9. The van der Waals surface area contributed by atoms with Crippen molar-refractivity contribution in [2.45, 2.75) is 0 Å². The number of nitrogens with two attached hydrogens (primary N) is 1. The maximum Gasteiger partial charge on any atom is 0.242 e. The minimum absolute atomic E-state index is 0. The zero-order valence-electron chi connectivity index (χ0n) is 12.1. The molecule has 1 fully saturated rings. The number of carbonyl (C=O) groups is 2. The smallest absolute Gasteiger partial charge is 0.242 e. The summed E-state index contributed by atoms with van der Waals surface area (Å²) in [6, 6.07) is 5.78. The molecule has 0 atom stereocenters. The molecule has 22 heavy (non-hydrogen) atoms. The van der Waals surface area contributed by atoms with E-state index in [1.54, 1.807) is 11.1 Å². The van der Waals surface area contributed by atoms with Crippen LogP contribution in [-0.2, 0) is 9.59 Å². The molecule has 0 bridgehead atoms. The van der Waals surface area contributed by atoms with Gasteiger partial charge in [0.05, 0.1) is 13.1 Å². The number of piperazine rings is 1. The van der Waals surface area contributed by atoms with Crippen molar-refractivity contribution in [3.05, 3.63) is 24.4 Å². The van der Waals surface area contributed by atoms with E-state index in [1.807, 2.05) is 18.2 Å². The lowest BCUT2D eigenvalue weighted by Crippen LogP contribution is -2.51. The molecule has 7 nitrogen and oxygen atoms in total. The van der Waals surface area contributed by atoms with Crippen molar-refractivity contribution in [3.8, 4) is 0 Å². The number of hydrogen-bond donors (Lipinski definition) is 2. The molecule has 0 aromatic carbocycles. The fourth-order valence-corrected chi connectivity index (χ4v) is 2.08. The Bertz CT molecular complexity index is 467. The van der Waals surface area contributed by atoms with Crippen molar-refractivity contribution < 1.29 is 9.59 Å². The summed E-state index contributed by atoms with van der Waals surface area (Å²) in [4.78, 5) is 31.1. The summed E-state index contributed by atoms with van der Waals surface area (Å²) < 4.78 is 0. The Hall–Kier alpha value is -1.57. The molecule has 1 aliphatic heterocycles. The van der Waals surface area contributed by atoms with Crippen LogP contribution in [0, 0.1) is 0 Å². The van der Waals surface area contributed by atoms with Gasteiger partial charge in [0.15, 0.2) is 0 Å². The van der Waals surface area contributed by atoms with Gasteiger partial charge in [0.2, 0.25) is 11.8 Å². The Kier molecular flexibility index (Phi) is 9.48. The van der Waals surface area contributed by atoms with Crippen LogP contribution < -0.4 is 16.0 Å². The number of pyridine rings is 1. The molecule has 1 aromatic heterocycles. The van der Waals surface area contributed by atoms with Gasteiger partial charge in [-0.3, -0.25) is 9.59 Å². The lowest BCUT2D eigenvalue weighted by Gasteiger charge is -2.35. The molecule has 0 aliphatic carbocycles. The first-order valence-electron chi connectivity index (χ1n) is 6.61. The van der Waals surface area contributed by atoms with E-state index in [0.717, 1.165) is 18.9 Å². The topological polar surface area (TPSA) is 91.6 Å². The van der Waals surface area contributed by atoms with Crippen LogP contribution in [0.3, 0.4) is 0 Å². The Morgan fingerprint density at radius 3 is 2.41 bits per heavy atom.